The zero-order chi connectivity index (χ0) is 32.4. The van der Waals surface area contributed by atoms with E-state index >= 15 is 0 Å². The van der Waals surface area contributed by atoms with E-state index in [-0.39, 0.29) is 23.3 Å². The SMILES string of the molecule is CC[C@@H](C(=O)NCC(C)C)N(Cc1ccccc1)C(=O)CN(c1ccc(Oc2ccccc2)cc1)S(=O)(=O)c1ccc(C)cc1. The number of benzene rings is 4. The quantitative estimate of drug-likeness (QED) is 0.171. The molecule has 9 heteroatoms. The van der Waals surface area contributed by atoms with Gasteiger partial charge in [-0.2, -0.15) is 0 Å². The highest BCUT2D eigenvalue weighted by molar-refractivity contribution is 7.92. The van der Waals surface area contributed by atoms with E-state index in [2.05, 4.69) is 5.32 Å². The molecule has 236 valence electrons. The van der Waals surface area contributed by atoms with Crippen molar-refractivity contribution in [3.8, 4) is 11.5 Å². The van der Waals surface area contributed by atoms with Crippen molar-refractivity contribution in [3.05, 3.63) is 120 Å². The molecule has 2 amide bonds. The summed E-state index contributed by atoms with van der Waals surface area (Å²) in [6, 6.07) is 30.9. The maximum Gasteiger partial charge on any atom is 0.264 e. The summed E-state index contributed by atoms with van der Waals surface area (Å²) >= 11 is 0. The second-order valence-electron chi connectivity index (χ2n) is 11.3. The Labute approximate surface area is 266 Å². The Hall–Kier alpha value is -4.63. The highest BCUT2D eigenvalue weighted by Gasteiger charge is 2.33. The van der Waals surface area contributed by atoms with Crippen LogP contribution in [0.3, 0.4) is 0 Å². The van der Waals surface area contributed by atoms with E-state index in [9.17, 15) is 18.0 Å². The Kier molecular flexibility index (Phi) is 11.4. The number of amides is 2. The van der Waals surface area contributed by atoms with Crippen molar-refractivity contribution in [2.24, 2.45) is 5.92 Å². The van der Waals surface area contributed by atoms with E-state index in [1.165, 1.54) is 17.0 Å². The Bertz CT molecular complexity index is 1640. The first kappa shape index (κ1) is 33.3. The summed E-state index contributed by atoms with van der Waals surface area (Å²) < 4.78 is 35.3. The van der Waals surface area contributed by atoms with Crippen LogP contribution in [0.1, 0.15) is 38.3 Å². The predicted octanol–water partition coefficient (Wildman–Crippen LogP) is 6.56. The van der Waals surface area contributed by atoms with Crippen LogP contribution in [0, 0.1) is 12.8 Å². The minimum absolute atomic E-state index is 0.0573. The van der Waals surface area contributed by atoms with Crippen LogP contribution < -0.4 is 14.4 Å². The highest BCUT2D eigenvalue weighted by atomic mass is 32.2. The number of hydrogen-bond acceptors (Lipinski definition) is 5. The number of carbonyl (C=O) groups excluding carboxylic acids is 2. The summed E-state index contributed by atoms with van der Waals surface area (Å²) in [5.74, 6) is 0.621. The van der Waals surface area contributed by atoms with E-state index in [1.54, 1.807) is 36.4 Å². The molecular formula is C36H41N3O5S. The smallest absolute Gasteiger partial charge is 0.264 e. The molecule has 1 N–H and O–H groups in total. The Morgan fingerprint density at radius 2 is 1.38 bits per heavy atom. The Balaban J connectivity index is 1.71. The first-order chi connectivity index (χ1) is 21.6. The minimum Gasteiger partial charge on any atom is -0.457 e. The number of rotatable bonds is 14. The maximum absolute atomic E-state index is 14.2. The topological polar surface area (TPSA) is 96.0 Å². The molecule has 4 rings (SSSR count). The average molecular weight is 628 g/mol. The fourth-order valence-corrected chi connectivity index (χ4v) is 6.21. The second kappa shape index (κ2) is 15.4. The molecule has 0 aliphatic carbocycles. The average Bonchev–Trinajstić information content (AvgIpc) is 3.04. The molecule has 0 fully saturated rings. The van der Waals surface area contributed by atoms with Crippen molar-refractivity contribution < 1.29 is 22.7 Å². The van der Waals surface area contributed by atoms with Gasteiger partial charge in [-0.1, -0.05) is 87.0 Å². The number of hydrogen-bond donors (Lipinski definition) is 1. The molecule has 4 aromatic rings. The van der Waals surface area contributed by atoms with Gasteiger partial charge in [-0.25, -0.2) is 8.42 Å². The summed E-state index contributed by atoms with van der Waals surface area (Å²) in [5, 5.41) is 2.95. The van der Waals surface area contributed by atoms with Crippen LogP contribution in [0.4, 0.5) is 5.69 Å². The number of nitrogens with zero attached hydrogens (tertiary/aromatic N) is 2. The minimum atomic E-state index is -4.17. The number of sulfonamides is 1. The molecule has 0 radical (unpaired) electrons. The van der Waals surface area contributed by atoms with Gasteiger partial charge in [0.1, 0.15) is 24.1 Å². The lowest BCUT2D eigenvalue weighted by atomic mass is 10.1. The van der Waals surface area contributed by atoms with Gasteiger partial charge in [0.05, 0.1) is 10.6 Å². The van der Waals surface area contributed by atoms with Crippen molar-refractivity contribution in [1.29, 1.82) is 0 Å². The third kappa shape index (κ3) is 8.95. The van der Waals surface area contributed by atoms with Gasteiger partial charge in [0.25, 0.3) is 10.0 Å². The molecule has 0 unspecified atom stereocenters. The van der Waals surface area contributed by atoms with E-state index in [1.807, 2.05) is 88.4 Å². The zero-order valence-electron chi connectivity index (χ0n) is 26.2. The van der Waals surface area contributed by atoms with Crippen LogP contribution in [-0.2, 0) is 26.2 Å². The van der Waals surface area contributed by atoms with Crippen molar-refractivity contribution in [1.82, 2.24) is 10.2 Å². The molecule has 4 aromatic carbocycles. The molecule has 8 nitrogen and oxygen atoms in total. The highest BCUT2D eigenvalue weighted by Crippen LogP contribution is 2.29. The van der Waals surface area contributed by atoms with E-state index < -0.39 is 28.5 Å². The number of anilines is 1. The van der Waals surface area contributed by atoms with Crippen molar-refractivity contribution >= 4 is 27.5 Å². The molecular weight excluding hydrogens is 586 g/mol. The monoisotopic (exact) mass is 627 g/mol. The summed E-state index contributed by atoms with van der Waals surface area (Å²) in [6.45, 7) is 7.83. The van der Waals surface area contributed by atoms with Gasteiger partial charge in [0.15, 0.2) is 0 Å². The van der Waals surface area contributed by atoms with E-state index in [0.29, 0.717) is 30.2 Å². The molecule has 0 saturated heterocycles. The molecule has 45 heavy (non-hydrogen) atoms. The number of carbonyl (C=O) groups is 2. The van der Waals surface area contributed by atoms with Crippen molar-refractivity contribution in [2.45, 2.75) is 51.6 Å². The standard InChI is InChI=1S/C36H41N3O5S/c1-5-34(36(41)37-24-27(2)3)38(25-29-12-8-6-9-13-29)35(40)26-39(45(42,43)33-22-16-28(4)17-23-33)30-18-20-32(21-19-30)44-31-14-10-7-11-15-31/h6-23,27,34H,5,24-26H2,1-4H3,(H,37,41)/t34-/m0/s1. The fraction of sp³-hybridized carbons (Fsp3) is 0.278. The summed E-state index contributed by atoms with van der Waals surface area (Å²) in [4.78, 5) is 29.1. The lowest BCUT2D eigenvalue weighted by Crippen LogP contribution is -2.52. The van der Waals surface area contributed by atoms with Gasteiger partial charge in [-0.15, -0.1) is 0 Å². The van der Waals surface area contributed by atoms with Crippen molar-refractivity contribution in [3.63, 3.8) is 0 Å². The van der Waals surface area contributed by atoms with Gasteiger partial charge in [-0.3, -0.25) is 13.9 Å². The number of aryl methyl sites for hydroxylation is 1. The third-order valence-corrected chi connectivity index (χ3v) is 9.05. The van der Waals surface area contributed by atoms with E-state index in [4.69, 9.17) is 4.74 Å². The first-order valence-electron chi connectivity index (χ1n) is 15.1. The lowest BCUT2D eigenvalue weighted by molar-refractivity contribution is -0.140. The van der Waals surface area contributed by atoms with Crippen LogP contribution >= 0.6 is 0 Å². The van der Waals surface area contributed by atoms with Gasteiger partial charge in [0, 0.05) is 13.1 Å². The summed E-state index contributed by atoms with van der Waals surface area (Å²) in [7, 11) is -4.17. The van der Waals surface area contributed by atoms with Crippen LogP contribution in [-0.4, -0.2) is 44.3 Å². The first-order valence-corrected chi connectivity index (χ1v) is 16.6. The summed E-state index contributed by atoms with van der Waals surface area (Å²) in [6.07, 6.45) is 0.360. The third-order valence-electron chi connectivity index (χ3n) is 7.26. The molecule has 0 heterocycles. The number of ether oxygens (including phenoxy) is 1. The van der Waals surface area contributed by atoms with Gasteiger partial charge in [-0.05, 0) is 73.4 Å². The second-order valence-corrected chi connectivity index (χ2v) is 13.2. The number of nitrogens with one attached hydrogen (secondary N) is 1. The van der Waals surface area contributed by atoms with Gasteiger partial charge in [0.2, 0.25) is 11.8 Å². The molecule has 0 aliphatic rings. The molecule has 0 spiro atoms. The lowest BCUT2D eigenvalue weighted by Gasteiger charge is -2.33. The van der Waals surface area contributed by atoms with Crippen LogP contribution in [0.5, 0.6) is 11.5 Å². The van der Waals surface area contributed by atoms with Gasteiger partial charge < -0.3 is 15.0 Å². The fourth-order valence-electron chi connectivity index (χ4n) is 4.79. The number of para-hydroxylation sites is 1. The largest absolute Gasteiger partial charge is 0.457 e. The summed E-state index contributed by atoms with van der Waals surface area (Å²) in [5.41, 5.74) is 2.03. The normalized spacial score (nSPS) is 11.9. The zero-order valence-corrected chi connectivity index (χ0v) is 27.0. The molecule has 0 bridgehead atoms. The van der Waals surface area contributed by atoms with Crippen LogP contribution in [0.2, 0.25) is 0 Å². The molecule has 0 aromatic heterocycles. The van der Waals surface area contributed by atoms with Crippen LogP contribution in [0.25, 0.3) is 0 Å². The van der Waals surface area contributed by atoms with Crippen molar-refractivity contribution in [2.75, 3.05) is 17.4 Å². The molecule has 0 saturated carbocycles. The molecule has 1 atom stereocenters. The van der Waals surface area contributed by atoms with Gasteiger partial charge >= 0.3 is 0 Å². The molecule has 0 aliphatic heterocycles. The maximum atomic E-state index is 14.2. The van der Waals surface area contributed by atoms with Crippen LogP contribution in [0.15, 0.2) is 114 Å². The Morgan fingerprint density at radius 3 is 1.96 bits per heavy atom. The van der Waals surface area contributed by atoms with E-state index in [0.717, 1.165) is 15.4 Å². The predicted molar refractivity (Wildman–Crippen MR) is 178 cm³/mol. The Morgan fingerprint density at radius 1 is 0.800 bits per heavy atom.